The number of nitrogens with zero attached hydrogens (tertiary/aromatic N) is 3. The van der Waals surface area contributed by atoms with Crippen molar-refractivity contribution in [1.82, 2.24) is 20.5 Å². The minimum Gasteiger partial charge on any atom is -0.337 e. The molecule has 20 heavy (non-hydrogen) atoms. The van der Waals surface area contributed by atoms with Gasteiger partial charge in [0.1, 0.15) is 5.82 Å². The Morgan fingerprint density at radius 3 is 3.05 bits per heavy atom. The zero-order valence-electron chi connectivity index (χ0n) is 11.0. The molecular formula is C13H15ClFN5. The normalized spacial score (nSPS) is 19.4. The summed E-state index contributed by atoms with van der Waals surface area (Å²) in [6.07, 6.45) is 0. The van der Waals surface area contributed by atoms with Gasteiger partial charge in [-0.1, -0.05) is 17.7 Å². The number of aromatic amines is 1. The van der Waals surface area contributed by atoms with Gasteiger partial charge in [-0.05, 0) is 19.1 Å². The molecule has 2 aromatic rings. The largest absolute Gasteiger partial charge is 0.337 e. The second kappa shape index (κ2) is 5.38. The molecule has 0 unspecified atom stereocenters. The second-order valence-corrected chi connectivity index (χ2v) is 5.29. The zero-order chi connectivity index (χ0) is 14.1. The third-order valence-corrected chi connectivity index (χ3v) is 3.64. The molecule has 5 nitrogen and oxygen atoms in total. The summed E-state index contributed by atoms with van der Waals surface area (Å²) in [5.74, 6) is 0.524. The monoisotopic (exact) mass is 295 g/mol. The van der Waals surface area contributed by atoms with Gasteiger partial charge in [-0.15, -0.1) is 5.10 Å². The Balaban J connectivity index is 1.90. The maximum atomic E-state index is 13.9. The van der Waals surface area contributed by atoms with Gasteiger partial charge in [0.15, 0.2) is 5.82 Å². The number of benzene rings is 1. The lowest BCUT2D eigenvalue weighted by atomic mass is 10.2. The topological polar surface area (TPSA) is 56.8 Å². The molecule has 1 fully saturated rings. The fourth-order valence-electron chi connectivity index (χ4n) is 2.34. The van der Waals surface area contributed by atoms with E-state index in [1.54, 1.807) is 12.1 Å². The van der Waals surface area contributed by atoms with E-state index in [1.165, 1.54) is 6.07 Å². The smallest absolute Gasteiger partial charge is 0.245 e. The van der Waals surface area contributed by atoms with Crippen molar-refractivity contribution in [3.05, 3.63) is 29.0 Å². The van der Waals surface area contributed by atoms with E-state index in [1.807, 2.05) is 0 Å². The lowest BCUT2D eigenvalue weighted by Crippen LogP contribution is -2.49. The Kier molecular flexibility index (Phi) is 3.58. The van der Waals surface area contributed by atoms with Crippen LogP contribution in [0, 0.1) is 5.82 Å². The first kappa shape index (κ1) is 13.3. The highest BCUT2D eigenvalue weighted by Crippen LogP contribution is 2.28. The molecule has 0 aliphatic carbocycles. The Morgan fingerprint density at radius 2 is 2.30 bits per heavy atom. The number of piperazine rings is 1. The number of aromatic nitrogens is 3. The van der Waals surface area contributed by atoms with Crippen LogP contribution in [0.5, 0.6) is 0 Å². The molecule has 7 heteroatoms. The Labute approximate surface area is 121 Å². The van der Waals surface area contributed by atoms with E-state index in [4.69, 9.17) is 11.6 Å². The number of hydrogen-bond donors (Lipinski definition) is 2. The van der Waals surface area contributed by atoms with Gasteiger partial charge in [0.05, 0.1) is 10.6 Å². The van der Waals surface area contributed by atoms with Crippen LogP contribution in [0.15, 0.2) is 18.2 Å². The van der Waals surface area contributed by atoms with Crippen molar-refractivity contribution in [2.24, 2.45) is 0 Å². The lowest BCUT2D eigenvalue weighted by Gasteiger charge is -2.30. The maximum absolute atomic E-state index is 13.9. The average Bonchev–Trinajstić information content (AvgIpc) is 2.88. The van der Waals surface area contributed by atoms with Crippen molar-refractivity contribution in [3.63, 3.8) is 0 Å². The number of rotatable bonds is 2. The van der Waals surface area contributed by atoms with E-state index in [-0.39, 0.29) is 5.56 Å². The number of anilines is 1. The summed E-state index contributed by atoms with van der Waals surface area (Å²) in [5.41, 5.74) is 0.260. The number of halogens is 2. The van der Waals surface area contributed by atoms with Crippen LogP contribution in [0.25, 0.3) is 11.4 Å². The van der Waals surface area contributed by atoms with Crippen LogP contribution in [0.2, 0.25) is 5.02 Å². The van der Waals surface area contributed by atoms with E-state index >= 15 is 0 Å². The first-order valence-corrected chi connectivity index (χ1v) is 6.88. The van der Waals surface area contributed by atoms with Crippen LogP contribution in [-0.2, 0) is 0 Å². The predicted octanol–water partition coefficient (Wildman–Crippen LogP) is 2.06. The Morgan fingerprint density at radius 1 is 1.45 bits per heavy atom. The summed E-state index contributed by atoms with van der Waals surface area (Å²) < 4.78 is 13.9. The maximum Gasteiger partial charge on any atom is 0.245 e. The lowest BCUT2D eigenvalue weighted by molar-refractivity contribution is 0.480. The van der Waals surface area contributed by atoms with Crippen molar-refractivity contribution in [2.45, 2.75) is 13.0 Å². The van der Waals surface area contributed by atoms with E-state index in [2.05, 4.69) is 32.3 Å². The summed E-state index contributed by atoms with van der Waals surface area (Å²) in [4.78, 5) is 6.43. The van der Waals surface area contributed by atoms with Gasteiger partial charge >= 0.3 is 0 Å². The molecule has 2 N–H and O–H groups in total. The highest BCUT2D eigenvalue weighted by molar-refractivity contribution is 6.33. The number of hydrogen-bond acceptors (Lipinski definition) is 4. The third kappa shape index (κ3) is 2.48. The van der Waals surface area contributed by atoms with Crippen LogP contribution in [-0.4, -0.2) is 40.9 Å². The summed E-state index contributed by atoms with van der Waals surface area (Å²) >= 11 is 6.03. The van der Waals surface area contributed by atoms with Crippen LogP contribution >= 0.6 is 11.6 Å². The van der Waals surface area contributed by atoms with E-state index in [0.29, 0.717) is 22.8 Å². The molecule has 1 aromatic carbocycles. The fourth-order valence-corrected chi connectivity index (χ4v) is 2.60. The van der Waals surface area contributed by atoms with Crippen molar-refractivity contribution < 1.29 is 4.39 Å². The molecule has 0 amide bonds. The predicted molar refractivity (Wildman–Crippen MR) is 76.5 cm³/mol. The average molecular weight is 296 g/mol. The molecule has 0 bridgehead atoms. The standard InChI is InChI=1S/C13H15ClFN5/c1-8-7-20(6-5-16-8)13-17-12(18-19-13)11-9(14)3-2-4-10(11)15/h2-4,8,16H,5-7H2,1H3,(H,17,18,19)/t8-/m1/s1. The van der Waals surface area contributed by atoms with Gasteiger partial charge in [-0.3, -0.25) is 5.10 Å². The molecular weight excluding hydrogens is 281 g/mol. The molecule has 1 aliphatic heterocycles. The van der Waals surface area contributed by atoms with Crippen LogP contribution in [0.3, 0.4) is 0 Å². The van der Waals surface area contributed by atoms with Crippen LogP contribution in [0.4, 0.5) is 10.3 Å². The Hall–Kier alpha value is -1.66. The van der Waals surface area contributed by atoms with Gasteiger partial charge in [-0.2, -0.15) is 4.98 Å². The zero-order valence-corrected chi connectivity index (χ0v) is 11.8. The highest BCUT2D eigenvalue weighted by Gasteiger charge is 2.21. The second-order valence-electron chi connectivity index (χ2n) is 4.88. The molecule has 1 aromatic heterocycles. The van der Waals surface area contributed by atoms with E-state index in [0.717, 1.165) is 19.6 Å². The molecule has 1 aliphatic rings. The summed E-state index contributed by atoms with van der Waals surface area (Å²) in [6, 6.07) is 4.93. The van der Waals surface area contributed by atoms with Crippen LogP contribution < -0.4 is 10.2 Å². The molecule has 1 atom stereocenters. The first-order chi connectivity index (χ1) is 9.65. The molecule has 106 valence electrons. The summed E-state index contributed by atoms with van der Waals surface area (Å²) in [6.45, 7) is 4.63. The molecule has 1 saturated heterocycles. The first-order valence-electron chi connectivity index (χ1n) is 6.50. The Bertz CT molecular complexity index is 594. The summed E-state index contributed by atoms with van der Waals surface area (Å²) in [7, 11) is 0. The van der Waals surface area contributed by atoms with E-state index < -0.39 is 5.82 Å². The van der Waals surface area contributed by atoms with Crippen LogP contribution in [0.1, 0.15) is 6.92 Å². The number of H-pyrrole nitrogens is 1. The quantitative estimate of drug-likeness (QED) is 0.890. The van der Waals surface area contributed by atoms with Crippen molar-refractivity contribution >= 4 is 17.5 Å². The SMILES string of the molecule is C[C@@H]1CN(c2n[nH]c(-c3c(F)cccc3Cl)n2)CCN1. The molecule has 0 radical (unpaired) electrons. The van der Waals surface area contributed by atoms with Gasteiger partial charge in [0, 0.05) is 25.7 Å². The van der Waals surface area contributed by atoms with Gasteiger partial charge in [0.2, 0.25) is 5.95 Å². The van der Waals surface area contributed by atoms with Crippen molar-refractivity contribution in [1.29, 1.82) is 0 Å². The van der Waals surface area contributed by atoms with E-state index in [9.17, 15) is 4.39 Å². The molecule has 3 rings (SSSR count). The van der Waals surface area contributed by atoms with Crippen molar-refractivity contribution in [2.75, 3.05) is 24.5 Å². The third-order valence-electron chi connectivity index (χ3n) is 3.32. The van der Waals surface area contributed by atoms with Gasteiger partial charge in [-0.25, -0.2) is 4.39 Å². The molecule has 0 spiro atoms. The van der Waals surface area contributed by atoms with Gasteiger partial charge < -0.3 is 10.2 Å². The minimum absolute atomic E-state index is 0.260. The van der Waals surface area contributed by atoms with Gasteiger partial charge in [0.25, 0.3) is 0 Å². The summed E-state index contributed by atoms with van der Waals surface area (Å²) in [5, 5.41) is 10.6. The minimum atomic E-state index is -0.408. The molecule has 0 saturated carbocycles. The van der Waals surface area contributed by atoms with Crippen molar-refractivity contribution in [3.8, 4) is 11.4 Å². The number of nitrogens with one attached hydrogen (secondary N) is 2. The fraction of sp³-hybridized carbons (Fsp3) is 0.385. The highest BCUT2D eigenvalue weighted by atomic mass is 35.5. The molecule has 2 heterocycles.